The second-order valence-corrected chi connectivity index (χ2v) is 4.23. The summed E-state index contributed by atoms with van der Waals surface area (Å²) in [5.74, 6) is 0.205. The normalized spacial score (nSPS) is 14.7. The highest BCUT2D eigenvalue weighted by Crippen LogP contribution is 2.16. The molecule has 0 rings (SSSR count). The number of hydrogen-bond acceptors (Lipinski definition) is 4. The van der Waals surface area contributed by atoms with E-state index in [2.05, 4.69) is 25.7 Å². The Morgan fingerprint density at radius 1 is 1.24 bits per heavy atom. The van der Waals surface area contributed by atoms with Crippen LogP contribution in [0.25, 0.3) is 0 Å². The molecule has 2 unspecified atom stereocenters. The summed E-state index contributed by atoms with van der Waals surface area (Å²) < 4.78 is 10.2. The van der Waals surface area contributed by atoms with Gasteiger partial charge in [0, 0.05) is 13.2 Å². The molecule has 0 spiro atoms. The van der Waals surface area contributed by atoms with Crippen molar-refractivity contribution in [1.82, 2.24) is 4.90 Å². The summed E-state index contributed by atoms with van der Waals surface area (Å²) in [5, 5.41) is 0. The van der Waals surface area contributed by atoms with Gasteiger partial charge in [-0.3, -0.25) is 4.79 Å². The third-order valence-corrected chi connectivity index (χ3v) is 3.05. The van der Waals surface area contributed by atoms with Crippen LogP contribution in [0.5, 0.6) is 0 Å². The fraction of sp³-hybridized carbons (Fsp3) is 0.923. The van der Waals surface area contributed by atoms with Gasteiger partial charge in [-0.05, 0) is 25.9 Å². The van der Waals surface area contributed by atoms with Crippen molar-refractivity contribution in [3.05, 3.63) is 0 Å². The molecular formula is C13H27NO3. The number of rotatable bonds is 9. The maximum atomic E-state index is 11.6. The summed E-state index contributed by atoms with van der Waals surface area (Å²) in [5.41, 5.74) is 0. The molecule has 0 aromatic carbocycles. The summed E-state index contributed by atoms with van der Waals surface area (Å²) in [6, 6.07) is 0.198. The molecule has 0 aromatic heterocycles. The van der Waals surface area contributed by atoms with E-state index in [1.807, 2.05) is 6.92 Å². The fourth-order valence-electron chi connectivity index (χ4n) is 2.15. The minimum atomic E-state index is -0.118. The van der Waals surface area contributed by atoms with Crippen LogP contribution in [0.1, 0.15) is 34.1 Å². The number of carbonyl (C=O) groups excluding carboxylic acids is 1. The molecule has 102 valence electrons. The Balaban J connectivity index is 4.53. The number of esters is 1. The second kappa shape index (κ2) is 9.42. The van der Waals surface area contributed by atoms with Gasteiger partial charge >= 0.3 is 5.97 Å². The van der Waals surface area contributed by atoms with E-state index >= 15 is 0 Å². The summed E-state index contributed by atoms with van der Waals surface area (Å²) in [6.07, 6.45) is 0.444. The second-order valence-electron chi connectivity index (χ2n) is 4.23. The highest BCUT2D eigenvalue weighted by molar-refractivity contribution is 5.70. The minimum absolute atomic E-state index is 0.118. The van der Waals surface area contributed by atoms with Gasteiger partial charge in [0.1, 0.15) is 0 Å². The third-order valence-electron chi connectivity index (χ3n) is 3.05. The zero-order valence-corrected chi connectivity index (χ0v) is 11.9. The average Bonchev–Trinajstić information content (AvgIpc) is 2.30. The molecule has 4 heteroatoms. The zero-order valence-electron chi connectivity index (χ0n) is 11.9. The Bertz CT molecular complexity index is 205. The van der Waals surface area contributed by atoms with Gasteiger partial charge < -0.3 is 14.4 Å². The highest BCUT2D eigenvalue weighted by Gasteiger charge is 2.25. The Morgan fingerprint density at radius 3 is 2.24 bits per heavy atom. The lowest BCUT2D eigenvalue weighted by molar-refractivity contribution is -0.145. The van der Waals surface area contributed by atoms with Crippen LogP contribution in [0.3, 0.4) is 0 Å². The van der Waals surface area contributed by atoms with E-state index in [-0.39, 0.29) is 12.0 Å². The first kappa shape index (κ1) is 16.4. The Hall–Kier alpha value is -0.610. The van der Waals surface area contributed by atoms with Crippen molar-refractivity contribution in [1.29, 1.82) is 0 Å². The molecule has 0 saturated carbocycles. The van der Waals surface area contributed by atoms with Crippen molar-refractivity contribution in [2.24, 2.45) is 5.92 Å². The van der Waals surface area contributed by atoms with Crippen molar-refractivity contribution in [3.8, 4) is 0 Å². The molecule has 0 fully saturated rings. The molecule has 0 aliphatic rings. The maximum Gasteiger partial charge on any atom is 0.307 e. The van der Waals surface area contributed by atoms with E-state index < -0.39 is 0 Å². The Kier molecular flexibility index (Phi) is 9.09. The molecule has 17 heavy (non-hydrogen) atoms. The van der Waals surface area contributed by atoms with Crippen LogP contribution in [0.15, 0.2) is 0 Å². The number of methoxy groups -OCH3 is 1. The molecule has 0 aliphatic heterocycles. The lowest BCUT2D eigenvalue weighted by atomic mass is 9.98. The fourth-order valence-corrected chi connectivity index (χ4v) is 2.15. The molecule has 4 nitrogen and oxygen atoms in total. The number of hydrogen-bond donors (Lipinski definition) is 0. The average molecular weight is 245 g/mol. The van der Waals surface area contributed by atoms with Gasteiger partial charge in [0.2, 0.25) is 0 Å². The summed E-state index contributed by atoms with van der Waals surface area (Å²) in [7, 11) is 1.69. The molecule has 0 bridgehead atoms. The van der Waals surface area contributed by atoms with Crippen LogP contribution in [0, 0.1) is 5.92 Å². The molecule has 0 amide bonds. The molecule has 0 heterocycles. The van der Waals surface area contributed by atoms with Crippen molar-refractivity contribution >= 4 is 5.97 Å². The van der Waals surface area contributed by atoms with Crippen LogP contribution in [0.2, 0.25) is 0 Å². The van der Waals surface area contributed by atoms with Crippen LogP contribution in [0.4, 0.5) is 0 Å². The van der Waals surface area contributed by atoms with Gasteiger partial charge in [-0.2, -0.15) is 0 Å². The van der Waals surface area contributed by atoms with Crippen molar-refractivity contribution in [2.75, 3.05) is 33.4 Å². The smallest absolute Gasteiger partial charge is 0.307 e. The summed E-state index contributed by atoms with van der Waals surface area (Å²) in [4.78, 5) is 13.9. The predicted octanol–water partition coefficient (Wildman–Crippen LogP) is 1.93. The topological polar surface area (TPSA) is 38.8 Å². The van der Waals surface area contributed by atoms with Gasteiger partial charge in [-0.1, -0.05) is 20.8 Å². The lowest BCUT2D eigenvalue weighted by Crippen LogP contribution is -2.42. The molecular weight excluding hydrogens is 218 g/mol. The van der Waals surface area contributed by atoms with E-state index in [0.717, 1.165) is 13.1 Å². The van der Waals surface area contributed by atoms with Gasteiger partial charge in [0.25, 0.3) is 0 Å². The van der Waals surface area contributed by atoms with Gasteiger partial charge in [-0.15, -0.1) is 0 Å². The first-order chi connectivity index (χ1) is 8.10. The minimum Gasteiger partial charge on any atom is -0.466 e. The summed E-state index contributed by atoms with van der Waals surface area (Å²) in [6.45, 7) is 11.2. The molecule has 0 saturated heterocycles. The maximum absolute atomic E-state index is 11.6. The quantitative estimate of drug-likeness (QED) is 0.582. The first-order valence-electron chi connectivity index (χ1n) is 6.49. The van der Waals surface area contributed by atoms with Crippen LogP contribution >= 0.6 is 0 Å². The van der Waals surface area contributed by atoms with Crippen molar-refractivity contribution in [2.45, 2.75) is 40.2 Å². The Morgan fingerprint density at radius 2 is 1.82 bits per heavy atom. The van der Waals surface area contributed by atoms with Gasteiger partial charge in [0.05, 0.1) is 19.6 Å². The zero-order chi connectivity index (χ0) is 13.3. The Labute approximate surface area is 105 Å². The van der Waals surface area contributed by atoms with E-state index in [1.165, 1.54) is 0 Å². The monoisotopic (exact) mass is 245 g/mol. The van der Waals surface area contributed by atoms with Crippen LogP contribution in [-0.4, -0.2) is 50.3 Å². The number of ether oxygens (including phenoxy) is 2. The van der Waals surface area contributed by atoms with E-state index in [1.54, 1.807) is 7.11 Å². The van der Waals surface area contributed by atoms with E-state index in [9.17, 15) is 4.79 Å². The molecule has 0 aromatic rings. The van der Waals surface area contributed by atoms with Gasteiger partial charge in [-0.25, -0.2) is 0 Å². The van der Waals surface area contributed by atoms with Crippen LogP contribution < -0.4 is 0 Å². The number of nitrogens with zero attached hydrogens (tertiary/aromatic N) is 1. The highest BCUT2D eigenvalue weighted by atomic mass is 16.5. The standard InChI is InChI=1S/C13H27NO3/c1-6-14(7-2)12(11(4)10-16-5)9-13(15)17-8-3/h11-12H,6-10H2,1-5H3. The van der Waals surface area contributed by atoms with E-state index in [0.29, 0.717) is 25.6 Å². The van der Waals surface area contributed by atoms with Gasteiger partial charge in [0.15, 0.2) is 0 Å². The van der Waals surface area contributed by atoms with E-state index in [4.69, 9.17) is 9.47 Å². The number of carbonyl (C=O) groups is 1. The lowest BCUT2D eigenvalue weighted by Gasteiger charge is -2.33. The third kappa shape index (κ3) is 6.03. The van der Waals surface area contributed by atoms with Crippen molar-refractivity contribution < 1.29 is 14.3 Å². The van der Waals surface area contributed by atoms with Crippen LogP contribution in [-0.2, 0) is 14.3 Å². The molecule has 0 radical (unpaired) electrons. The first-order valence-corrected chi connectivity index (χ1v) is 6.49. The molecule has 2 atom stereocenters. The SMILES string of the molecule is CCOC(=O)CC(C(C)COC)N(CC)CC. The molecule has 0 N–H and O–H groups in total. The summed E-state index contributed by atoms with van der Waals surface area (Å²) >= 11 is 0. The predicted molar refractivity (Wildman–Crippen MR) is 69.0 cm³/mol. The largest absolute Gasteiger partial charge is 0.466 e. The molecule has 0 aliphatic carbocycles. The van der Waals surface area contributed by atoms with Crippen molar-refractivity contribution in [3.63, 3.8) is 0 Å².